The van der Waals surface area contributed by atoms with E-state index < -0.39 is 5.60 Å². The first kappa shape index (κ1) is 16.4. The van der Waals surface area contributed by atoms with Crippen molar-refractivity contribution in [3.8, 4) is 0 Å². The maximum absolute atomic E-state index is 11.8. The average Bonchev–Trinajstić information content (AvgIpc) is 2.28. The van der Waals surface area contributed by atoms with Crippen LogP contribution in [-0.2, 0) is 4.79 Å². The van der Waals surface area contributed by atoms with Gasteiger partial charge in [-0.05, 0) is 53.5 Å². The molecule has 1 heterocycles. The molecule has 0 aromatic rings. The van der Waals surface area contributed by atoms with Crippen LogP contribution in [0.15, 0.2) is 0 Å². The Morgan fingerprint density at radius 2 is 2.11 bits per heavy atom. The number of carbonyl (C=O) groups is 1. The van der Waals surface area contributed by atoms with Gasteiger partial charge >= 0.3 is 0 Å². The Morgan fingerprint density at radius 3 is 2.63 bits per heavy atom. The van der Waals surface area contributed by atoms with E-state index in [-0.39, 0.29) is 0 Å². The number of piperidine rings is 1. The van der Waals surface area contributed by atoms with Crippen LogP contribution >= 0.6 is 0 Å². The normalized spacial score (nSPS) is 21.6. The van der Waals surface area contributed by atoms with Gasteiger partial charge in [-0.15, -0.1) is 0 Å². The Labute approximate surface area is 117 Å². The standard InChI is InChI=1S/C15H30N2O2/c1-12(2)17-11-13(6-7-14(17)18)10-16(5)9-8-15(3,4)19/h12-13,19H,6-11H2,1-5H3. The minimum atomic E-state index is -0.596. The summed E-state index contributed by atoms with van der Waals surface area (Å²) < 4.78 is 0. The molecule has 1 saturated heterocycles. The van der Waals surface area contributed by atoms with Crippen molar-refractivity contribution >= 4 is 5.91 Å². The van der Waals surface area contributed by atoms with Gasteiger partial charge in [0.1, 0.15) is 0 Å². The second-order valence-corrected chi connectivity index (χ2v) is 6.87. The summed E-state index contributed by atoms with van der Waals surface area (Å²) in [7, 11) is 2.10. The number of hydrogen-bond donors (Lipinski definition) is 1. The number of carbonyl (C=O) groups excluding carboxylic acids is 1. The zero-order valence-corrected chi connectivity index (χ0v) is 13.1. The first-order valence-corrected chi connectivity index (χ1v) is 7.39. The molecule has 1 amide bonds. The van der Waals surface area contributed by atoms with Crippen LogP contribution in [0.2, 0.25) is 0 Å². The fourth-order valence-electron chi connectivity index (χ4n) is 2.59. The predicted octanol–water partition coefficient (Wildman–Crippen LogP) is 1.73. The van der Waals surface area contributed by atoms with E-state index in [1.165, 1.54) is 0 Å². The molecule has 4 heteroatoms. The van der Waals surface area contributed by atoms with Crippen LogP contribution in [-0.4, -0.2) is 59.1 Å². The number of rotatable bonds is 6. The van der Waals surface area contributed by atoms with Gasteiger partial charge in [-0.2, -0.15) is 0 Å². The lowest BCUT2D eigenvalue weighted by Crippen LogP contribution is -2.46. The lowest BCUT2D eigenvalue weighted by atomic mass is 9.95. The van der Waals surface area contributed by atoms with Crippen molar-refractivity contribution in [2.24, 2.45) is 5.92 Å². The molecule has 1 rings (SSSR count). The topological polar surface area (TPSA) is 43.8 Å². The second kappa shape index (κ2) is 6.71. The zero-order chi connectivity index (χ0) is 14.6. The largest absolute Gasteiger partial charge is 0.390 e. The third-order valence-electron chi connectivity index (χ3n) is 3.84. The summed E-state index contributed by atoms with van der Waals surface area (Å²) in [6.45, 7) is 10.6. The Bertz CT molecular complexity index is 297. The molecule has 1 N–H and O–H groups in total. The maximum atomic E-state index is 11.8. The number of hydrogen-bond acceptors (Lipinski definition) is 3. The third-order valence-corrected chi connectivity index (χ3v) is 3.84. The van der Waals surface area contributed by atoms with E-state index in [4.69, 9.17) is 0 Å². The summed E-state index contributed by atoms with van der Waals surface area (Å²) >= 11 is 0. The van der Waals surface area contributed by atoms with Crippen LogP contribution < -0.4 is 0 Å². The van der Waals surface area contributed by atoms with Crippen molar-refractivity contribution in [1.82, 2.24) is 9.80 Å². The van der Waals surface area contributed by atoms with Gasteiger partial charge in [-0.3, -0.25) is 4.79 Å². The molecule has 19 heavy (non-hydrogen) atoms. The molecule has 0 spiro atoms. The molecule has 1 aliphatic rings. The van der Waals surface area contributed by atoms with Gasteiger partial charge in [0, 0.05) is 32.1 Å². The summed E-state index contributed by atoms with van der Waals surface area (Å²) in [5, 5.41) is 9.74. The van der Waals surface area contributed by atoms with Gasteiger partial charge in [-0.25, -0.2) is 0 Å². The number of aliphatic hydroxyl groups is 1. The molecule has 4 nitrogen and oxygen atoms in total. The van der Waals surface area contributed by atoms with E-state index in [1.807, 2.05) is 18.7 Å². The van der Waals surface area contributed by atoms with Crippen molar-refractivity contribution in [2.75, 3.05) is 26.7 Å². The summed E-state index contributed by atoms with van der Waals surface area (Å²) in [4.78, 5) is 16.1. The van der Waals surface area contributed by atoms with Crippen molar-refractivity contribution in [2.45, 2.75) is 58.6 Å². The predicted molar refractivity (Wildman–Crippen MR) is 78.0 cm³/mol. The quantitative estimate of drug-likeness (QED) is 0.799. The Hall–Kier alpha value is -0.610. The molecule has 0 radical (unpaired) electrons. The maximum Gasteiger partial charge on any atom is 0.222 e. The lowest BCUT2D eigenvalue weighted by Gasteiger charge is -2.37. The summed E-state index contributed by atoms with van der Waals surface area (Å²) in [6, 6.07) is 0.303. The van der Waals surface area contributed by atoms with Gasteiger partial charge in [0.2, 0.25) is 5.91 Å². The third kappa shape index (κ3) is 5.91. The number of amides is 1. The second-order valence-electron chi connectivity index (χ2n) is 6.87. The number of likely N-dealkylation sites (tertiary alicyclic amines) is 1. The highest BCUT2D eigenvalue weighted by atomic mass is 16.3. The molecular weight excluding hydrogens is 240 g/mol. The van der Waals surface area contributed by atoms with Crippen molar-refractivity contribution in [1.29, 1.82) is 0 Å². The van der Waals surface area contributed by atoms with Crippen LogP contribution in [0.1, 0.15) is 47.0 Å². The average molecular weight is 270 g/mol. The Balaban J connectivity index is 2.38. The van der Waals surface area contributed by atoms with Gasteiger partial charge < -0.3 is 14.9 Å². The smallest absolute Gasteiger partial charge is 0.222 e. The first-order chi connectivity index (χ1) is 8.69. The highest BCUT2D eigenvalue weighted by molar-refractivity contribution is 5.77. The zero-order valence-electron chi connectivity index (χ0n) is 13.1. The molecule has 1 aliphatic heterocycles. The Morgan fingerprint density at radius 1 is 1.47 bits per heavy atom. The van der Waals surface area contributed by atoms with Gasteiger partial charge in [0.15, 0.2) is 0 Å². The monoisotopic (exact) mass is 270 g/mol. The van der Waals surface area contributed by atoms with Gasteiger partial charge in [0.25, 0.3) is 0 Å². The molecule has 1 unspecified atom stereocenters. The van der Waals surface area contributed by atoms with Crippen LogP contribution in [0.25, 0.3) is 0 Å². The van der Waals surface area contributed by atoms with E-state index in [1.54, 1.807) is 0 Å². The fourth-order valence-corrected chi connectivity index (χ4v) is 2.59. The fraction of sp³-hybridized carbons (Fsp3) is 0.933. The lowest BCUT2D eigenvalue weighted by molar-refractivity contribution is -0.136. The summed E-state index contributed by atoms with van der Waals surface area (Å²) in [6.07, 6.45) is 2.46. The van der Waals surface area contributed by atoms with E-state index in [9.17, 15) is 9.90 Å². The summed E-state index contributed by atoms with van der Waals surface area (Å²) in [5.74, 6) is 0.859. The van der Waals surface area contributed by atoms with Gasteiger partial charge in [-0.1, -0.05) is 0 Å². The van der Waals surface area contributed by atoms with Crippen LogP contribution in [0, 0.1) is 5.92 Å². The van der Waals surface area contributed by atoms with Crippen LogP contribution in [0.4, 0.5) is 0 Å². The Kier molecular flexibility index (Phi) is 5.81. The SMILES string of the molecule is CC(C)N1CC(CN(C)CCC(C)(C)O)CCC1=O. The molecule has 0 bridgehead atoms. The minimum absolute atomic E-state index is 0.297. The molecular formula is C15H30N2O2. The molecule has 0 saturated carbocycles. The number of nitrogens with zero attached hydrogens (tertiary/aromatic N) is 2. The first-order valence-electron chi connectivity index (χ1n) is 7.39. The molecule has 1 atom stereocenters. The van der Waals surface area contributed by atoms with Crippen molar-refractivity contribution in [3.05, 3.63) is 0 Å². The molecule has 0 aromatic carbocycles. The molecule has 0 aliphatic carbocycles. The van der Waals surface area contributed by atoms with Crippen LogP contribution in [0.5, 0.6) is 0 Å². The molecule has 0 aromatic heterocycles. The molecule has 112 valence electrons. The van der Waals surface area contributed by atoms with E-state index in [2.05, 4.69) is 25.8 Å². The highest BCUT2D eigenvalue weighted by Crippen LogP contribution is 2.20. The summed E-state index contributed by atoms with van der Waals surface area (Å²) in [5.41, 5.74) is -0.596. The van der Waals surface area contributed by atoms with Crippen molar-refractivity contribution < 1.29 is 9.90 Å². The van der Waals surface area contributed by atoms with Crippen LogP contribution in [0.3, 0.4) is 0 Å². The van der Waals surface area contributed by atoms with Gasteiger partial charge in [0.05, 0.1) is 5.60 Å². The molecule has 1 fully saturated rings. The van der Waals surface area contributed by atoms with E-state index >= 15 is 0 Å². The van der Waals surface area contributed by atoms with E-state index in [0.717, 1.165) is 32.5 Å². The van der Waals surface area contributed by atoms with E-state index in [0.29, 0.717) is 24.3 Å². The van der Waals surface area contributed by atoms with Crippen molar-refractivity contribution in [3.63, 3.8) is 0 Å². The highest BCUT2D eigenvalue weighted by Gasteiger charge is 2.28. The minimum Gasteiger partial charge on any atom is -0.390 e.